The van der Waals surface area contributed by atoms with E-state index in [0.717, 1.165) is 13.0 Å². The van der Waals surface area contributed by atoms with Crippen LogP contribution in [0.1, 0.15) is 30.0 Å². The normalized spacial score (nSPS) is 20.1. The average Bonchev–Trinajstić information content (AvgIpc) is 2.56. The predicted octanol–water partition coefficient (Wildman–Crippen LogP) is 3.66. The third-order valence-electron chi connectivity index (χ3n) is 4.12. The molecule has 2 heterocycles. The summed E-state index contributed by atoms with van der Waals surface area (Å²) in [6, 6.07) is 13.1. The zero-order valence-corrected chi connectivity index (χ0v) is 13.3. The summed E-state index contributed by atoms with van der Waals surface area (Å²) in [7, 11) is 4.15. The highest BCUT2D eigenvalue weighted by Crippen LogP contribution is 2.30. The van der Waals surface area contributed by atoms with Crippen molar-refractivity contribution in [2.24, 2.45) is 0 Å². The minimum absolute atomic E-state index is 0.283. The summed E-state index contributed by atoms with van der Waals surface area (Å²) < 4.78 is 0. The van der Waals surface area contributed by atoms with Gasteiger partial charge in [-0.15, -0.1) is 0 Å². The lowest BCUT2D eigenvalue weighted by Crippen LogP contribution is -2.28. The molecule has 0 radical (unpaired) electrons. The topological polar surface area (TPSA) is 28.2 Å². The lowest BCUT2D eigenvalue weighted by atomic mass is 9.91. The summed E-state index contributed by atoms with van der Waals surface area (Å²) in [6.45, 7) is 1.06. The molecule has 0 amide bonds. The predicted molar refractivity (Wildman–Crippen MR) is 93.0 cm³/mol. The largest absolute Gasteiger partial charge is 0.378 e. The number of anilines is 1. The van der Waals surface area contributed by atoms with Crippen molar-refractivity contribution in [3.63, 3.8) is 0 Å². The van der Waals surface area contributed by atoms with Crippen LogP contribution in [0.4, 0.5) is 5.69 Å². The molecule has 3 heteroatoms. The van der Waals surface area contributed by atoms with Gasteiger partial charge in [-0.2, -0.15) is 0 Å². The molecule has 1 unspecified atom stereocenters. The number of pyridine rings is 1. The molecule has 1 aromatic carbocycles. The second-order valence-electron chi connectivity index (χ2n) is 5.99. The van der Waals surface area contributed by atoms with E-state index in [1.807, 2.05) is 18.5 Å². The Kier molecular flexibility index (Phi) is 4.54. The van der Waals surface area contributed by atoms with E-state index in [9.17, 15) is 0 Å². The van der Waals surface area contributed by atoms with Crippen molar-refractivity contribution in [1.82, 2.24) is 10.3 Å². The summed E-state index contributed by atoms with van der Waals surface area (Å²) >= 11 is 0. The van der Waals surface area contributed by atoms with E-state index in [1.54, 1.807) is 0 Å². The Bertz CT molecular complexity index is 647. The quantitative estimate of drug-likeness (QED) is 0.936. The van der Waals surface area contributed by atoms with Crippen LogP contribution in [0.25, 0.3) is 6.08 Å². The standard InChI is InChI=1S/C19H23N3/c1-22(2)18-9-3-6-15(13-18)12-16-7-5-11-21-19(16)17-8-4-10-20-14-17/h3-4,6,8-10,12-14,19,21H,5,7,11H2,1-2H3. The Balaban J connectivity index is 1.92. The number of hydrogen-bond donors (Lipinski definition) is 1. The number of nitrogens with one attached hydrogen (secondary N) is 1. The van der Waals surface area contributed by atoms with Gasteiger partial charge in [0.15, 0.2) is 0 Å². The van der Waals surface area contributed by atoms with Crippen LogP contribution >= 0.6 is 0 Å². The van der Waals surface area contributed by atoms with Crippen molar-refractivity contribution in [3.8, 4) is 0 Å². The van der Waals surface area contributed by atoms with Crippen LogP contribution < -0.4 is 10.2 Å². The maximum absolute atomic E-state index is 4.26. The number of nitrogens with zero attached hydrogens (tertiary/aromatic N) is 2. The zero-order chi connectivity index (χ0) is 15.4. The van der Waals surface area contributed by atoms with E-state index in [1.165, 1.54) is 28.8 Å². The molecule has 2 aromatic rings. The maximum Gasteiger partial charge on any atom is 0.0554 e. The smallest absolute Gasteiger partial charge is 0.0554 e. The Morgan fingerprint density at radius 1 is 1.23 bits per heavy atom. The van der Waals surface area contributed by atoms with Crippen LogP contribution in [0.3, 0.4) is 0 Å². The molecule has 1 fully saturated rings. The highest BCUT2D eigenvalue weighted by Gasteiger charge is 2.20. The SMILES string of the molecule is CN(C)c1cccc(C=C2CCCNC2c2cccnc2)c1. The first kappa shape index (κ1) is 14.8. The van der Waals surface area contributed by atoms with Gasteiger partial charge in [-0.05, 0) is 54.3 Å². The van der Waals surface area contributed by atoms with Crippen molar-refractivity contribution >= 4 is 11.8 Å². The second-order valence-corrected chi connectivity index (χ2v) is 5.99. The average molecular weight is 293 g/mol. The van der Waals surface area contributed by atoms with Crippen molar-refractivity contribution < 1.29 is 0 Å². The van der Waals surface area contributed by atoms with Crippen molar-refractivity contribution in [3.05, 3.63) is 65.5 Å². The fraction of sp³-hybridized carbons (Fsp3) is 0.316. The van der Waals surface area contributed by atoms with Gasteiger partial charge in [0.1, 0.15) is 0 Å². The molecule has 0 spiro atoms. The maximum atomic E-state index is 4.26. The summed E-state index contributed by atoms with van der Waals surface area (Å²) in [6.07, 6.45) is 8.45. The second kappa shape index (κ2) is 6.75. The highest BCUT2D eigenvalue weighted by molar-refractivity contribution is 5.61. The molecule has 0 bridgehead atoms. The summed E-state index contributed by atoms with van der Waals surface area (Å²) in [4.78, 5) is 6.40. The molecule has 1 atom stereocenters. The van der Waals surface area contributed by atoms with Crippen molar-refractivity contribution in [1.29, 1.82) is 0 Å². The van der Waals surface area contributed by atoms with Crippen LogP contribution in [0.15, 0.2) is 54.4 Å². The molecule has 1 aliphatic heterocycles. The summed E-state index contributed by atoms with van der Waals surface area (Å²) in [5.41, 5.74) is 5.18. The van der Waals surface area contributed by atoms with Gasteiger partial charge in [-0.1, -0.05) is 24.3 Å². The highest BCUT2D eigenvalue weighted by atomic mass is 15.1. The first-order valence-electron chi connectivity index (χ1n) is 7.85. The monoisotopic (exact) mass is 293 g/mol. The molecule has 3 nitrogen and oxygen atoms in total. The number of aromatic nitrogens is 1. The molecule has 22 heavy (non-hydrogen) atoms. The van der Waals surface area contributed by atoms with Crippen LogP contribution in [0.2, 0.25) is 0 Å². The van der Waals surface area contributed by atoms with E-state index in [-0.39, 0.29) is 6.04 Å². The van der Waals surface area contributed by atoms with Gasteiger partial charge >= 0.3 is 0 Å². The number of piperidine rings is 1. The molecular weight excluding hydrogens is 270 g/mol. The molecule has 1 aliphatic rings. The molecular formula is C19H23N3. The molecule has 114 valence electrons. The van der Waals surface area contributed by atoms with Crippen LogP contribution in [0.5, 0.6) is 0 Å². The van der Waals surface area contributed by atoms with E-state index >= 15 is 0 Å². The first-order valence-corrected chi connectivity index (χ1v) is 7.85. The van der Waals surface area contributed by atoms with Crippen LogP contribution in [-0.4, -0.2) is 25.6 Å². The van der Waals surface area contributed by atoms with Crippen molar-refractivity contribution in [2.75, 3.05) is 25.5 Å². The van der Waals surface area contributed by atoms with E-state index < -0.39 is 0 Å². The van der Waals surface area contributed by atoms with Crippen molar-refractivity contribution in [2.45, 2.75) is 18.9 Å². The van der Waals surface area contributed by atoms with E-state index in [0.29, 0.717) is 0 Å². The minimum Gasteiger partial charge on any atom is -0.378 e. The zero-order valence-electron chi connectivity index (χ0n) is 13.3. The molecule has 1 aromatic heterocycles. The van der Waals surface area contributed by atoms with Gasteiger partial charge in [0.25, 0.3) is 0 Å². The summed E-state index contributed by atoms with van der Waals surface area (Å²) in [5, 5.41) is 3.62. The molecule has 0 saturated carbocycles. The fourth-order valence-electron chi connectivity index (χ4n) is 2.96. The van der Waals surface area contributed by atoms with Gasteiger partial charge in [0.2, 0.25) is 0 Å². The van der Waals surface area contributed by atoms with Gasteiger partial charge in [-0.25, -0.2) is 0 Å². The first-order chi connectivity index (χ1) is 10.7. The van der Waals surface area contributed by atoms with E-state index in [4.69, 9.17) is 0 Å². The molecule has 0 aliphatic carbocycles. The number of rotatable bonds is 3. The molecule has 1 saturated heterocycles. The van der Waals surface area contributed by atoms with Crippen LogP contribution in [-0.2, 0) is 0 Å². The Hall–Kier alpha value is -2.13. The van der Waals surface area contributed by atoms with Gasteiger partial charge in [0.05, 0.1) is 6.04 Å². The van der Waals surface area contributed by atoms with Gasteiger partial charge in [0, 0.05) is 32.2 Å². The van der Waals surface area contributed by atoms with Gasteiger partial charge < -0.3 is 10.2 Å². The molecule has 1 N–H and O–H groups in total. The lowest BCUT2D eigenvalue weighted by Gasteiger charge is -2.27. The third kappa shape index (κ3) is 3.37. The Morgan fingerprint density at radius 3 is 2.91 bits per heavy atom. The fourth-order valence-corrected chi connectivity index (χ4v) is 2.96. The summed E-state index contributed by atoms with van der Waals surface area (Å²) in [5.74, 6) is 0. The number of benzene rings is 1. The van der Waals surface area contributed by atoms with Crippen LogP contribution in [0, 0.1) is 0 Å². The Morgan fingerprint density at radius 2 is 2.14 bits per heavy atom. The minimum atomic E-state index is 0.283. The van der Waals surface area contributed by atoms with E-state index in [2.05, 4.69) is 65.7 Å². The Labute approximate surface area is 132 Å². The lowest BCUT2D eigenvalue weighted by molar-refractivity contribution is 0.508. The third-order valence-corrected chi connectivity index (χ3v) is 4.12. The molecule has 3 rings (SSSR count). The number of hydrogen-bond acceptors (Lipinski definition) is 3. The van der Waals surface area contributed by atoms with Gasteiger partial charge in [-0.3, -0.25) is 4.98 Å².